The van der Waals surface area contributed by atoms with Gasteiger partial charge in [0.05, 0.1) is 16.1 Å². The fourth-order valence-corrected chi connectivity index (χ4v) is 1.61. The van der Waals surface area contributed by atoms with E-state index in [1.54, 1.807) is 24.5 Å². The Hall–Kier alpha value is -1.55. The highest BCUT2D eigenvalue weighted by molar-refractivity contribution is 6.31. The van der Waals surface area contributed by atoms with Crippen molar-refractivity contribution in [3.8, 4) is 0 Å². The van der Waals surface area contributed by atoms with Gasteiger partial charge in [-0.1, -0.05) is 11.6 Å². The number of carbonyl (C=O) groups excluding carboxylic acids is 1. The number of ether oxygens (including phenoxy) is 1. The van der Waals surface area contributed by atoms with Gasteiger partial charge in [0.2, 0.25) is 0 Å². The zero-order valence-electron chi connectivity index (χ0n) is 9.90. The molecule has 90 valence electrons. The number of halogens is 1. The van der Waals surface area contributed by atoms with Gasteiger partial charge in [0.1, 0.15) is 5.60 Å². The summed E-state index contributed by atoms with van der Waals surface area (Å²) in [6.07, 6.45) is 2.74. The van der Waals surface area contributed by atoms with E-state index in [0.29, 0.717) is 16.1 Å². The second kappa shape index (κ2) is 4.04. The van der Waals surface area contributed by atoms with Crippen LogP contribution < -0.4 is 0 Å². The molecule has 0 aromatic carbocycles. The Labute approximate surface area is 104 Å². The zero-order chi connectivity index (χ0) is 12.6. The third-order valence-corrected chi connectivity index (χ3v) is 2.30. The van der Waals surface area contributed by atoms with Gasteiger partial charge in [-0.25, -0.2) is 4.79 Å². The highest BCUT2D eigenvalue weighted by Crippen LogP contribution is 2.19. The smallest absolute Gasteiger partial charge is 0.419 e. The maximum atomic E-state index is 11.9. The fraction of sp³-hybridized carbons (Fsp3) is 0.333. The van der Waals surface area contributed by atoms with Gasteiger partial charge in [0, 0.05) is 12.4 Å². The number of fused-ring (bicyclic) bond motifs is 1. The summed E-state index contributed by atoms with van der Waals surface area (Å²) in [5, 5.41) is 0.487. The maximum Gasteiger partial charge on any atom is 0.419 e. The van der Waals surface area contributed by atoms with Crippen LogP contribution in [0.25, 0.3) is 11.0 Å². The molecule has 2 aromatic heterocycles. The summed E-state index contributed by atoms with van der Waals surface area (Å²) in [6, 6.07) is 3.43. The van der Waals surface area contributed by atoms with E-state index in [4.69, 9.17) is 16.3 Å². The Bertz CT molecular complexity index is 569. The van der Waals surface area contributed by atoms with Crippen LogP contribution in [0.5, 0.6) is 0 Å². The van der Waals surface area contributed by atoms with Crippen molar-refractivity contribution in [3.05, 3.63) is 29.5 Å². The molecule has 0 bridgehead atoms. The molecule has 2 rings (SSSR count). The fourth-order valence-electron chi connectivity index (χ4n) is 1.46. The molecule has 2 aromatic rings. The minimum absolute atomic E-state index is 0.434. The first kappa shape index (κ1) is 11.9. The zero-order valence-corrected chi connectivity index (χ0v) is 10.7. The van der Waals surface area contributed by atoms with Gasteiger partial charge >= 0.3 is 6.09 Å². The third kappa shape index (κ3) is 2.58. The van der Waals surface area contributed by atoms with E-state index in [0.717, 1.165) is 0 Å². The molecule has 0 fully saturated rings. The molecule has 0 radical (unpaired) electrons. The van der Waals surface area contributed by atoms with E-state index in [1.165, 1.54) is 4.57 Å². The molecule has 4 nitrogen and oxygen atoms in total. The molecule has 0 saturated heterocycles. The normalized spacial score (nSPS) is 11.8. The number of hydrogen-bond acceptors (Lipinski definition) is 3. The molecule has 0 N–H and O–H groups in total. The molecule has 0 saturated carbocycles. The summed E-state index contributed by atoms with van der Waals surface area (Å²) >= 11 is 5.86. The van der Waals surface area contributed by atoms with Crippen LogP contribution >= 0.6 is 11.6 Å². The van der Waals surface area contributed by atoms with Crippen LogP contribution in [0.1, 0.15) is 20.8 Å². The average molecular weight is 253 g/mol. The van der Waals surface area contributed by atoms with Crippen molar-refractivity contribution in [2.24, 2.45) is 0 Å². The van der Waals surface area contributed by atoms with Gasteiger partial charge in [0.25, 0.3) is 0 Å². The summed E-state index contributed by atoms with van der Waals surface area (Å²) in [5.41, 5.74) is 0.826. The lowest BCUT2D eigenvalue weighted by atomic mass is 10.2. The van der Waals surface area contributed by atoms with E-state index < -0.39 is 11.7 Å². The van der Waals surface area contributed by atoms with Crippen molar-refractivity contribution in [1.82, 2.24) is 9.55 Å². The summed E-state index contributed by atoms with van der Waals surface area (Å²) in [4.78, 5) is 16.0. The molecule has 0 unspecified atom stereocenters. The first-order valence-corrected chi connectivity index (χ1v) is 5.60. The topological polar surface area (TPSA) is 44.1 Å². The lowest BCUT2D eigenvalue weighted by Crippen LogP contribution is -2.26. The summed E-state index contributed by atoms with van der Waals surface area (Å²) in [5.74, 6) is 0. The van der Waals surface area contributed by atoms with Crippen molar-refractivity contribution in [2.75, 3.05) is 0 Å². The van der Waals surface area contributed by atoms with Crippen LogP contribution in [0.4, 0.5) is 4.79 Å². The Balaban J connectivity index is 2.42. The summed E-state index contributed by atoms with van der Waals surface area (Å²) in [6.45, 7) is 5.46. The SMILES string of the molecule is CC(C)(C)OC(=O)n1ccc2ncc(Cl)cc21. The minimum atomic E-state index is -0.528. The van der Waals surface area contributed by atoms with Crippen LogP contribution in [0.3, 0.4) is 0 Å². The van der Waals surface area contributed by atoms with E-state index in [1.807, 2.05) is 20.8 Å². The largest absolute Gasteiger partial charge is 0.443 e. The Kier molecular flexibility index (Phi) is 2.83. The van der Waals surface area contributed by atoms with E-state index in [9.17, 15) is 4.79 Å². The van der Waals surface area contributed by atoms with Crippen molar-refractivity contribution in [2.45, 2.75) is 26.4 Å². The predicted molar refractivity (Wildman–Crippen MR) is 66.4 cm³/mol. The highest BCUT2D eigenvalue weighted by atomic mass is 35.5. The highest BCUT2D eigenvalue weighted by Gasteiger charge is 2.19. The Morgan fingerprint density at radius 2 is 2.18 bits per heavy atom. The average Bonchev–Trinajstić information content (AvgIpc) is 2.57. The van der Waals surface area contributed by atoms with Crippen LogP contribution in [0.2, 0.25) is 5.02 Å². The van der Waals surface area contributed by atoms with Crippen molar-refractivity contribution in [1.29, 1.82) is 0 Å². The molecule has 0 spiro atoms. The predicted octanol–water partition coefficient (Wildman–Crippen LogP) is 3.47. The molecule has 0 amide bonds. The molecule has 5 heteroatoms. The number of rotatable bonds is 0. The Morgan fingerprint density at radius 1 is 1.47 bits per heavy atom. The molecule has 17 heavy (non-hydrogen) atoms. The van der Waals surface area contributed by atoms with Gasteiger partial charge in [-0.05, 0) is 32.9 Å². The standard InChI is InChI=1S/C12H13ClN2O2/c1-12(2,3)17-11(16)15-5-4-9-10(15)6-8(13)7-14-9/h4-7H,1-3H3. The van der Waals surface area contributed by atoms with Gasteiger partial charge in [-0.15, -0.1) is 0 Å². The van der Waals surface area contributed by atoms with Crippen LogP contribution in [-0.4, -0.2) is 21.2 Å². The molecule has 0 aliphatic rings. The first-order valence-electron chi connectivity index (χ1n) is 5.23. The van der Waals surface area contributed by atoms with E-state index in [-0.39, 0.29) is 0 Å². The first-order chi connectivity index (χ1) is 7.87. The molecule has 0 aliphatic carbocycles. The maximum absolute atomic E-state index is 11.9. The molecule has 0 atom stereocenters. The lowest BCUT2D eigenvalue weighted by Gasteiger charge is -2.19. The van der Waals surface area contributed by atoms with E-state index in [2.05, 4.69) is 4.98 Å². The third-order valence-electron chi connectivity index (χ3n) is 2.10. The second-order valence-corrected chi connectivity index (χ2v) is 5.16. The number of carbonyl (C=O) groups is 1. The lowest BCUT2D eigenvalue weighted by molar-refractivity contribution is 0.0544. The summed E-state index contributed by atoms with van der Waals surface area (Å²) in [7, 11) is 0. The van der Waals surface area contributed by atoms with Crippen LogP contribution in [0, 0.1) is 0 Å². The van der Waals surface area contributed by atoms with Crippen molar-refractivity contribution in [3.63, 3.8) is 0 Å². The number of hydrogen-bond donors (Lipinski definition) is 0. The molecule has 0 aliphatic heterocycles. The van der Waals surface area contributed by atoms with Crippen molar-refractivity contribution >= 4 is 28.7 Å². The number of nitrogens with zero attached hydrogens (tertiary/aromatic N) is 2. The van der Waals surface area contributed by atoms with Crippen LogP contribution in [0.15, 0.2) is 24.5 Å². The number of aromatic nitrogens is 2. The molecular formula is C12H13ClN2O2. The van der Waals surface area contributed by atoms with Gasteiger partial charge in [0.15, 0.2) is 0 Å². The molecule has 2 heterocycles. The second-order valence-electron chi connectivity index (χ2n) is 4.72. The van der Waals surface area contributed by atoms with Gasteiger partial charge < -0.3 is 4.74 Å². The van der Waals surface area contributed by atoms with Gasteiger partial charge in [-0.3, -0.25) is 9.55 Å². The van der Waals surface area contributed by atoms with E-state index >= 15 is 0 Å². The van der Waals surface area contributed by atoms with Crippen LogP contribution in [-0.2, 0) is 4.74 Å². The summed E-state index contributed by atoms with van der Waals surface area (Å²) < 4.78 is 6.69. The minimum Gasteiger partial charge on any atom is -0.443 e. The quantitative estimate of drug-likeness (QED) is 0.721. The van der Waals surface area contributed by atoms with Gasteiger partial charge in [-0.2, -0.15) is 0 Å². The number of pyridine rings is 1. The Morgan fingerprint density at radius 3 is 2.82 bits per heavy atom. The monoisotopic (exact) mass is 252 g/mol. The van der Waals surface area contributed by atoms with Crippen molar-refractivity contribution < 1.29 is 9.53 Å². The molecular weight excluding hydrogens is 240 g/mol.